The van der Waals surface area contributed by atoms with Crippen molar-refractivity contribution in [3.05, 3.63) is 31.4 Å². The normalized spacial score (nSPS) is 47.9. The van der Waals surface area contributed by atoms with Crippen LogP contribution in [0.1, 0.15) is 59.3 Å². The molecule has 1 heteroatoms. The quantitative estimate of drug-likeness (QED) is 0.590. The average molecular weight is 302 g/mol. The lowest BCUT2D eigenvalue weighted by Gasteiger charge is -2.60. The fourth-order valence-electron chi connectivity index (χ4n) is 6.43. The van der Waals surface area contributed by atoms with E-state index in [0.29, 0.717) is 5.54 Å². The smallest absolute Gasteiger partial charge is 0.0726 e. The molecule has 3 aliphatic carbocycles. The van der Waals surface area contributed by atoms with Crippen LogP contribution in [-0.4, -0.2) is 5.54 Å². The zero-order valence-corrected chi connectivity index (χ0v) is 14.9. The van der Waals surface area contributed by atoms with Crippen molar-refractivity contribution < 1.29 is 5.32 Å². The van der Waals surface area contributed by atoms with Gasteiger partial charge in [-0.25, -0.2) is 0 Å². The molecule has 3 saturated carbocycles. The fraction of sp³-hybridized carbons (Fsp3) is 0.762. The summed E-state index contributed by atoms with van der Waals surface area (Å²) in [6.45, 7) is 15.9. The number of hydrogen-bond donors (Lipinski definition) is 1. The van der Waals surface area contributed by atoms with Crippen molar-refractivity contribution in [2.75, 3.05) is 0 Å². The van der Waals surface area contributed by atoms with Crippen molar-refractivity contribution in [3.63, 3.8) is 0 Å². The fourth-order valence-corrected chi connectivity index (χ4v) is 6.43. The third-order valence-electron chi connectivity index (χ3n) is 7.48. The standard InChI is InChI=1S/C21H35N/c1-13(2)11-16-12-15(4)17-9-10-21(5,22-6)18-8-7-14(3)19(16)20(17)18/h15-20H,1,3,6-12,22H2,2,4-5H3/t15-,16+,17+,18-,19-,20+,21-/m1/s1. The molecule has 0 bridgehead atoms. The molecule has 0 amide bonds. The highest BCUT2D eigenvalue weighted by atomic mass is 15.0. The minimum absolute atomic E-state index is 0.352. The van der Waals surface area contributed by atoms with Crippen LogP contribution in [-0.2, 0) is 0 Å². The van der Waals surface area contributed by atoms with Crippen LogP contribution in [0.15, 0.2) is 24.3 Å². The van der Waals surface area contributed by atoms with E-state index in [-0.39, 0.29) is 0 Å². The van der Waals surface area contributed by atoms with E-state index in [1.807, 2.05) is 0 Å². The molecule has 0 unspecified atom stereocenters. The van der Waals surface area contributed by atoms with Gasteiger partial charge in [0.2, 0.25) is 0 Å². The molecule has 1 nitrogen and oxygen atoms in total. The first-order valence-electron chi connectivity index (χ1n) is 9.33. The van der Waals surface area contributed by atoms with Gasteiger partial charge in [-0.1, -0.05) is 24.6 Å². The van der Waals surface area contributed by atoms with Crippen molar-refractivity contribution in [1.29, 1.82) is 0 Å². The summed E-state index contributed by atoms with van der Waals surface area (Å²) < 4.78 is 0. The topological polar surface area (TPSA) is 16.6 Å². The summed E-state index contributed by atoms with van der Waals surface area (Å²) in [4.78, 5) is 0. The van der Waals surface area contributed by atoms with Crippen molar-refractivity contribution in [1.82, 2.24) is 0 Å². The van der Waals surface area contributed by atoms with Crippen LogP contribution in [0.25, 0.3) is 0 Å². The Labute approximate surface area is 137 Å². The Balaban J connectivity index is 1.96. The van der Waals surface area contributed by atoms with E-state index in [2.05, 4.69) is 46.3 Å². The van der Waals surface area contributed by atoms with Crippen LogP contribution >= 0.6 is 0 Å². The van der Waals surface area contributed by atoms with Gasteiger partial charge in [-0.2, -0.15) is 7.05 Å². The number of rotatable bonds is 3. The number of quaternary nitrogens is 1. The molecule has 3 rings (SSSR count). The Kier molecular flexibility index (Phi) is 4.31. The van der Waals surface area contributed by atoms with Gasteiger partial charge in [0.1, 0.15) is 0 Å². The molecule has 0 aromatic heterocycles. The molecule has 124 valence electrons. The van der Waals surface area contributed by atoms with Gasteiger partial charge in [0.15, 0.2) is 0 Å². The Hall–Kier alpha value is -0.560. The predicted molar refractivity (Wildman–Crippen MR) is 94.0 cm³/mol. The second kappa shape index (κ2) is 5.82. The molecule has 3 fully saturated rings. The van der Waals surface area contributed by atoms with Crippen LogP contribution in [0.2, 0.25) is 0 Å². The Bertz CT molecular complexity index is 465. The number of allylic oxidation sites excluding steroid dienone is 2. The average Bonchev–Trinajstić information content (AvgIpc) is 2.45. The van der Waals surface area contributed by atoms with Crippen molar-refractivity contribution in [2.24, 2.45) is 35.5 Å². The zero-order chi connectivity index (χ0) is 16.1. The van der Waals surface area contributed by atoms with Gasteiger partial charge in [-0.05, 0) is 75.5 Å². The first kappa shape index (κ1) is 16.3. The highest BCUT2D eigenvalue weighted by Crippen LogP contribution is 2.59. The van der Waals surface area contributed by atoms with E-state index in [4.69, 9.17) is 0 Å². The molecule has 0 aromatic rings. The van der Waals surface area contributed by atoms with Gasteiger partial charge >= 0.3 is 0 Å². The molecule has 0 aromatic carbocycles. The van der Waals surface area contributed by atoms with Crippen LogP contribution in [0.4, 0.5) is 0 Å². The molecular weight excluding hydrogens is 266 g/mol. The first-order chi connectivity index (χ1) is 10.4. The first-order valence-corrected chi connectivity index (χ1v) is 9.33. The van der Waals surface area contributed by atoms with E-state index in [0.717, 1.165) is 35.5 Å². The molecule has 0 saturated heterocycles. The Morgan fingerprint density at radius 3 is 2.77 bits per heavy atom. The Morgan fingerprint density at radius 1 is 1.41 bits per heavy atom. The lowest BCUT2D eigenvalue weighted by Crippen LogP contribution is -2.94. The lowest BCUT2D eigenvalue weighted by molar-refractivity contribution is -0.688. The van der Waals surface area contributed by atoms with Crippen LogP contribution in [0.5, 0.6) is 0 Å². The maximum Gasteiger partial charge on any atom is 0.0726 e. The van der Waals surface area contributed by atoms with Gasteiger partial charge in [-0.15, -0.1) is 6.58 Å². The molecule has 0 radical (unpaired) electrons. The van der Waals surface area contributed by atoms with Gasteiger partial charge in [0.25, 0.3) is 0 Å². The van der Waals surface area contributed by atoms with Gasteiger partial charge in [-0.3, -0.25) is 0 Å². The summed E-state index contributed by atoms with van der Waals surface area (Å²) in [5, 5.41) is 2.28. The van der Waals surface area contributed by atoms with Gasteiger partial charge in [0.05, 0.1) is 5.54 Å². The van der Waals surface area contributed by atoms with E-state index < -0.39 is 0 Å². The predicted octanol–water partition coefficient (Wildman–Crippen LogP) is 4.33. The summed E-state index contributed by atoms with van der Waals surface area (Å²) >= 11 is 0. The minimum atomic E-state index is 0.352. The third-order valence-corrected chi connectivity index (χ3v) is 7.48. The summed E-state index contributed by atoms with van der Waals surface area (Å²) in [6, 6.07) is 0. The van der Waals surface area contributed by atoms with E-state index in [9.17, 15) is 0 Å². The summed E-state index contributed by atoms with van der Waals surface area (Å²) in [5.41, 5.74) is 3.26. The number of hydrogen-bond acceptors (Lipinski definition) is 0. The molecule has 22 heavy (non-hydrogen) atoms. The lowest BCUT2D eigenvalue weighted by atomic mass is 9.46. The second-order valence-corrected chi connectivity index (χ2v) is 8.95. The largest absolute Gasteiger partial charge is 0.474 e. The molecule has 3 aliphatic rings. The van der Waals surface area contributed by atoms with E-state index >= 15 is 0 Å². The van der Waals surface area contributed by atoms with Crippen molar-refractivity contribution in [2.45, 2.75) is 64.8 Å². The maximum atomic E-state index is 4.53. The van der Waals surface area contributed by atoms with Crippen molar-refractivity contribution in [3.8, 4) is 0 Å². The molecule has 0 aliphatic heterocycles. The van der Waals surface area contributed by atoms with Crippen LogP contribution < -0.4 is 5.32 Å². The highest BCUT2D eigenvalue weighted by molar-refractivity contribution is 5.18. The SMILES string of the molecule is C=C(C)C[C@H]1C[C@@H](C)[C@@H]2CC[C@@](C)([NH2+][CH2-])[C@@H]3CCC(=C)[C@H]1[C@@H]23. The van der Waals surface area contributed by atoms with Gasteiger partial charge in [0, 0.05) is 12.3 Å². The molecule has 0 heterocycles. The van der Waals surface area contributed by atoms with Crippen molar-refractivity contribution >= 4 is 0 Å². The molecular formula is C21H35N. The number of nitrogens with two attached hydrogens (primary N) is 1. The molecule has 7 atom stereocenters. The zero-order valence-electron chi connectivity index (χ0n) is 14.9. The summed E-state index contributed by atoms with van der Waals surface area (Å²) in [6.07, 6.45) is 7.91. The summed E-state index contributed by atoms with van der Waals surface area (Å²) in [7, 11) is 4.21. The highest BCUT2D eigenvalue weighted by Gasteiger charge is 2.56. The van der Waals surface area contributed by atoms with Crippen LogP contribution in [0, 0.1) is 42.6 Å². The van der Waals surface area contributed by atoms with E-state index in [1.165, 1.54) is 44.1 Å². The summed E-state index contributed by atoms with van der Waals surface area (Å²) in [5.74, 6) is 5.00. The maximum absolute atomic E-state index is 4.53. The van der Waals surface area contributed by atoms with Gasteiger partial charge < -0.3 is 5.32 Å². The molecule has 0 spiro atoms. The van der Waals surface area contributed by atoms with E-state index in [1.54, 1.807) is 5.57 Å². The Morgan fingerprint density at radius 2 is 2.14 bits per heavy atom. The monoisotopic (exact) mass is 301 g/mol. The second-order valence-electron chi connectivity index (χ2n) is 8.95. The third kappa shape index (κ3) is 2.50. The van der Waals surface area contributed by atoms with Crippen LogP contribution in [0.3, 0.4) is 0 Å². The minimum Gasteiger partial charge on any atom is -0.474 e. The molecule has 2 N–H and O–H groups in total.